The second kappa shape index (κ2) is 8.24. The lowest BCUT2D eigenvalue weighted by Crippen LogP contribution is -2.29. The summed E-state index contributed by atoms with van der Waals surface area (Å²) in [6.45, 7) is 2.21. The van der Waals surface area contributed by atoms with Crippen molar-refractivity contribution in [3.8, 4) is 0 Å². The maximum atomic E-state index is 12.8. The molecule has 2 atom stereocenters. The summed E-state index contributed by atoms with van der Waals surface area (Å²) in [7, 11) is 0. The Morgan fingerprint density at radius 2 is 1.85 bits per heavy atom. The number of aryl methyl sites for hydroxylation is 1. The molecular weight excluding hydrogens is 352 g/mol. The minimum Gasteiger partial charge on any atom is -0.342 e. The summed E-state index contributed by atoms with van der Waals surface area (Å²) in [5, 5.41) is 3.57. The van der Waals surface area contributed by atoms with E-state index in [1.54, 1.807) is 11.3 Å². The van der Waals surface area contributed by atoms with Gasteiger partial charge in [-0.15, -0.1) is 11.3 Å². The quantitative estimate of drug-likeness (QED) is 0.690. The summed E-state index contributed by atoms with van der Waals surface area (Å²) in [5.74, 6) is 0.990. The smallest absolute Gasteiger partial charge is 0.222 e. The molecule has 140 valence electrons. The molecule has 0 radical (unpaired) electrons. The standard InChI is InChI=1S/C23H26N2OS/c24-13-19-14-25(15-21(19)17-7-2-1-3-8-17)23(26)12-6-9-18-16-27-22-11-5-4-10-20(18)22/h1-5,7-8,10-11,16,19,21H,6,9,12-15,24H2/t19-,21+/m1/s1. The maximum absolute atomic E-state index is 12.8. The first kappa shape index (κ1) is 18.2. The lowest BCUT2D eigenvalue weighted by Gasteiger charge is -2.17. The zero-order chi connectivity index (χ0) is 18.6. The fraction of sp³-hybridized carbons (Fsp3) is 0.348. The molecule has 1 aliphatic heterocycles. The van der Waals surface area contributed by atoms with Gasteiger partial charge in [-0.1, -0.05) is 48.5 Å². The van der Waals surface area contributed by atoms with E-state index >= 15 is 0 Å². The van der Waals surface area contributed by atoms with Crippen LogP contribution in [0.25, 0.3) is 10.1 Å². The van der Waals surface area contributed by atoms with Gasteiger partial charge in [-0.3, -0.25) is 4.79 Å². The summed E-state index contributed by atoms with van der Waals surface area (Å²) in [4.78, 5) is 14.8. The first-order chi connectivity index (χ1) is 13.3. The van der Waals surface area contributed by atoms with Gasteiger partial charge in [0.05, 0.1) is 0 Å². The number of rotatable bonds is 6. The van der Waals surface area contributed by atoms with Crippen LogP contribution in [0.3, 0.4) is 0 Å². The Bertz CT molecular complexity index is 905. The van der Waals surface area contributed by atoms with Crippen molar-refractivity contribution in [2.75, 3.05) is 19.6 Å². The van der Waals surface area contributed by atoms with Crippen molar-refractivity contribution in [3.05, 3.63) is 71.1 Å². The zero-order valence-corrected chi connectivity index (χ0v) is 16.3. The van der Waals surface area contributed by atoms with Gasteiger partial charge in [-0.2, -0.15) is 0 Å². The number of nitrogens with zero attached hydrogens (tertiary/aromatic N) is 1. The molecule has 3 nitrogen and oxygen atoms in total. The Kier molecular flexibility index (Phi) is 5.55. The van der Waals surface area contributed by atoms with Crippen LogP contribution in [0, 0.1) is 5.92 Å². The summed E-state index contributed by atoms with van der Waals surface area (Å²) >= 11 is 1.79. The topological polar surface area (TPSA) is 46.3 Å². The van der Waals surface area contributed by atoms with E-state index in [-0.39, 0.29) is 5.91 Å². The molecule has 2 aromatic carbocycles. The van der Waals surface area contributed by atoms with Crippen LogP contribution in [0.1, 0.15) is 29.9 Å². The molecule has 4 heteroatoms. The summed E-state index contributed by atoms with van der Waals surface area (Å²) in [6.07, 6.45) is 2.48. The minimum atomic E-state index is 0.270. The number of thiophene rings is 1. The van der Waals surface area contributed by atoms with Crippen molar-refractivity contribution < 1.29 is 4.79 Å². The Labute approximate surface area is 164 Å². The second-order valence-electron chi connectivity index (χ2n) is 7.42. The third-order valence-corrected chi connectivity index (χ3v) is 6.73. The number of hydrogen-bond donors (Lipinski definition) is 1. The van der Waals surface area contributed by atoms with Gasteiger partial charge in [0.25, 0.3) is 0 Å². The van der Waals surface area contributed by atoms with E-state index in [4.69, 9.17) is 5.73 Å². The minimum absolute atomic E-state index is 0.270. The lowest BCUT2D eigenvalue weighted by molar-refractivity contribution is -0.130. The molecule has 0 spiro atoms. The summed E-state index contributed by atoms with van der Waals surface area (Å²) < 4.78 is 1.33. The highest BCUT2D eigenvalue weighted by Gasteiger charge is 2.34. The highest BCUT2D eigenvalue weighted by Crippen LogP contribution is 2.32. The van der Waals surface area contributed by atoms with E-state index in [9.17, 15) is 4.79 Å². The SMILES string of the molecule is NC[C@@H]1CN(C(=O)CCCc2csc3ccccc23)C[C@H]1c1ccccc1. The largest absolute Gasteiger partial charge is 0.342 e. The van der Waals surface area contributed by atoms with E-state index < -0.39 is 0 Å². The van der Waals surface area contributed by atoms with Gasteiger partial charge in [0.15, 0.2) is 0 Å². The number of amides is 1. The molecule has 1 fully saturated rings. The fourth-order valence-corrected chi connectivity index (χ4v) is 5.20. The number of benzene rings is 2. The molecule has 2 N–H and O–H groups in total. The van der Waals surface area contributed by atoms with E-state index in [1.807, 2.05) is 11.0 Å². The van der Waals surface area contributed by atoms with Gasteiger partial charge < -0.3 is 10.6 Å². The summed E-state index contributed by atoms with van der Waals surface area (Å²) in [6, 6.07) is 19.0. The van der Waals surface area contributed by atoms with Gasteiger partial charge >= 0.3 is 0 Å². The molecule has 0 unspecified atom stereocenters. The van der Waals surface area contributed by atoms with Crippen LogP contribution in [0.15, 0.2) is 60.0 Å². The second-order valence-corrected chi connectivity index (χ2v) is 8.33. The third kappa shape index (κ3) is 3.92. The average Bonchev–Trinajstić information content (AvgIpc) is 3.33. The predicted molar refractivity (Wildman–Crippen MR) is 113 cm³/mol. The van der Waals surface area contributed by atoms with Gasteiger partial charge in [0.1, 0.15) is 0 Å². The number of likely N-dealkylation sites (tertiary alicyclic amines) is 1. The molecule has 3 aromatic rings. The van der Waals surface area contributed by atoms with Crippen LogP contribution < -0.4 is 5.73 Å². The lowest BCUT2D eigenvalue weighted by atomic mass is 9.89. The normalized spacial score (nSPS) is 19.7. The van der Waals surface area contributed by atoms with E-state index in [0.717, 1.165) is 25.9 Å². The monoisotopic (exact) mass is 378 g/mol. The average molecular weight is 379 g/mol. The first-order valence-electron chi connectivity index (χ1n) is 9.74. The van der Waals surface area contributed by atoms with Crippen molar-refractivity contribution in [1.82, 2.24) is 4.90 Å². The van der Waals surface area contributed by atoms with Gasteiger partial charge in [0.2, 0.25) is 5.91 Å². The van der Waals surface area contributed by atoms with Crippen molar-refractivity contribution in [1.29, 1.82) is 0 Å². The zero-order valence-electron chi connectivity index (χ0n) is 15.5. The van der Waals surface area contributed by atoms with Crippen molar-refractivity contribution in [3.63, 3.8) is 0 Å². The first-order valence-corrected chi connectivity index (χ1v) is 10.6. The van der Waals surface area contributed by atoms with Gasteiger partial charge in [-0.25, -0.2) is 0 Å². The molecule has 0 saturated carbocycles. The van der Waals surface area contributed by atoms with Gasteiger partial charge in [-0.05, 0) is 53.3 Å². The highest BCUT2D eigenvalue weighted by molar-refractivity contribution is 7.17. The Balaban J connectivity index is 1.34. The number of carbonyl (C=O) groups is 1. The molecule has 1 amide bonds. The van der Waals surface area contributed by atoms with Crippen LogP contribution in [0.2, 0.25) is 0 Å². The molecule has 0 bridgehead atoms. The van der Waals surface area contributed by atoms with Crippen molar-refractivity contribution >= 4 is 27.3 Å². The number of fused-ring (bicyclic) bond motifs is 1. The molecule has 27 heavy (non-hydrogen) atoms. The van der Waals surface area contributed by atoms with E-state index in [1.165, 1.54) is 21.2 Å². The Hall–Kier alpha value is -2.17. The molecule has 0 aliphatic carbocycles. The van der Waals surface area contributed by atoms with Crippen LogP contribution in [-0.4, -0.2) is 30.4 Å². The Morgan fingerprint density at radius 1 is 1.07 bits per heavy atom. The molecule has 1 saturated heterocycles. The summed E-state index contributed by atoms with van der Waals surface area (Å²) in [5.41, 5.74) is 8.67. The highest BCUT2D eigenvalue weighted by atomic mass is 32.1. The maximum Gasteiger partial charge on any atom is 0.222 e. The van der Waals surface area contributed by atoms with Crippen LogP contribution in [-0.2, 0) is 11.2 Å². The molecular formula is C23H26N2OS. The fourth-order valence-electron chi connectivity index (χ4n) is 4.21. The van der Waals surface area contributed by atoms with Crippen molar-refractivity contribution in [2.24, 2.45) is 11.7 Å². The van der Waals surface area contributed by atoms with Crippen LogP contribution in [0.4, 0.5) is 0 Å². The molecule has 1 aliphatic rings. The van der Waals surface area contributed by atoms with Crippen LogP contribution in [0.5, 0.6) is 0 Å². The third-order valence-electron chi connectivity index (χ3n) is 5.72. The predicted octanol–water partition coefficient (Wildman–Crippen LogP) is 4.42. The number of nitrogens with two attached hydrogens (primary N) is 1. The Morgan fingerprint density at radius 3 is 2.67 bits per heavy atom. The molecule has 1 aromatic heterocycles. The molecule has 4 rings (SSSR count). The van der Waals surface area contributed by atoms with E-state index in [0.29, 0.717) is 24.8 Å². The molecule has 2 heterocycles. The van der Waals surface area contributed by atoms with Gasteiger partial charge in [0, 0.05) is 30.1 Å². The number of carbonyl (C=O) groups excluding carboxylic acids is 1. The van der Waals surface area contributed by atoms with Crippen molar-refractivity contribution in [2.45, 2.75) is 25.2 Å². The number of hydrogen-bond acceptors (Lipinski definition) is 3. The van der Waals surface area contributed by atoms with E-state index in [2.05, 4.69) is 53.9 Å². The van der Waals surface area contributed by atoms with Crippen LogP contribution >= 0.6 is 11.3 Å².